The van der Waals surface area contributed by atoms with E-state index in [0.717, 1.165) is 12.3 Å². The molecular formula is C15H23NO4. The molecule has 3 aliphatic rings. The number of fused-ring (bicyclic) bond motifs is 2. The number of rotatable bonds is 4. The summed E-state index contributed by atoms with van der Waals surface area (Å²) < 4.78 is 5.22. The first-order chi connectivity index (χ1) is 9.59. The Bertz CT molecular complexity index is 403. The van der Waals surface area contributed by atoms with Crippen molar-refractivity contribution < 1.29 is 19.4 Å². The van der Waals surface area contributed by atoms with E-state index in [1.165, 1.54) is 19.3 Å². The third kappa shape index (κ3) is 2.55. The maximum absolute atomic E-state index is 12.2. The number of amides is 1. The third-order valence-corrected chi connectivity index (χ3v) is 5.47. The predicted molar refractivity (Wildman–Crippen MR) is 72.1 cm³/mol. The van der Waals surface area contributed by atoms with Crippen molar-refractivity contribution in [3.63, 3.8) is 0 Å². The van der Waals surface area contributed by atoms with Crippen LogP contribution in [-0.2, 0) is 14.3 Å². The molecule has 1 heterocycles. The minimum Gasteiger partial charge on any atom is -0.480 e. The number of carboxylic acids is 1. The minimum atomic E-state index is -1.10. The van der Waals surface area contributed by atoms with Crippen molar-refractivity contribution in [3.8, 4) is 0 Å². The van der Waals surface area contributed by atoms with E-state index < -0.39 is 11.5 Å². The second-order valence-corrected chi connectivity index (χ2v) is 6.69. The number of hydrogen-bond acceptors (Lipinski definition) is 3. The molecule has 1 aliphatic heterocycles. The smallest absolute Gasteiger partial charge is 0.329 e. The van der Waals surface area contributed by atoms with Crippen molar-refractivity contribution in [1.29, 1.82) is 0 Å². The van der Waals surface area contributed by atoms with Crippen molar-refractivity contribution in [3.05, 3.63) is 0 Å². The van der Waals surface area contributed by atoms with Crippen LogP contribution >= 0.6 is 0 Å². The van der Waals surface area contributed by atoms with Crippen LogP contribution in [0.25, 0.3) is 0 Å². The highest BCUT2D eigenvalue weighted by molar-refractivity contribution is 5.87. The number of carbonyl (C=O) groups excluding carboxylic acids is 1. The van der Waals surface area contributed by atoms with Gasteiger partial charge in [-0.05, 0) is 37.0 Å². The molecule has 2 aliphatic carbocycles. The third-order valence-electron chi connectivity index (χ3n) is 5.47. The van der Waals surface area contributed by atoms with Gasteiger partial charge >= 0.3 is 5.97 Å². The molecule has 20 heavy (non-hydrogen) atoms. The van der Waals surface area contributed by atoms with Crippen LogP contribution in [0.2, 0.25) is 0 Å². The van der Waals surface area contributed by atoms with Crippen molar-refractivity contribution in [2.45, 2.75) is 50.5 Å². The number of aliphatic carboxylic acids is 1. The first-order valence-electron chi connectivity index (χ1n) is 7.71. The Morgan fingerprint density at radius 3 is 2.50 bits per heavy atom. The van der Waals surface area contributed by atoms with Crippen molar-refractivity contribution in [2.24, 2.45) is 17.8 Å². The molecule has 0 radical (unpaired) electrons. The van der Waals surface area contributed by atoms with Crippen LogP contribution in [0.5, 0.6) is 0 Å². The summed E-state index contributed by atoms with van der Waals surface area (Å²) in [6, 6.07) is 0. The predicted octanol–water partition coefficient (Wildman–Crippen LogP) is 1.56. The van der Waals surface area contributed by atoms with Crippen LogP contribution in [0.3, 0.4) is 0 Å². The Kier molecular flexibility index (Phi) is 3.71. The Balaban J connectivity index is 1.58. The lowest BCUT2D eigenvalue weighted by atomic mass is 9.85. The average molecular weight is 281 g/mol. The summed E-state index contributed by atoms with van der Waals surface area (Å²) in [6.45, 7) is 0.807. The van der Waals surface area contributed by atoms with Gasteiger partial charge in [-0.1, -0.05) is 6.42 Å². The molecule has 3 unspecified atom stereocenters. The highest BCUT2D eigenvalue weighted by Gasteiger charge is 2.44. The summed E-state index contributed by atoms with van der Waals surface area (Å²) in [5.74, 6) is 0.962. The summed E-state index contributed by atoms with van der Waals surface area (Å²) in [5.41, 5.74) is -1.10. The van der Waals surface area contributed by atoms with Gasteiger partial charge in [-0.2, -0.15) is 0 Å². The van der Waals surface area contributed by atoms with Crippen LogP contribution in [0.4, 0.5) is 0 Å². The highest BCUT2D eigenvalue weighted by atomic mass is 16.5. The van der Waals surface area contributed by atoms with Crippen molar-refractivity contribution in [2.75, 3.05) is 13.2 Å². The summed E-state index contributed by atoms with van der Waals surface area (Å²) in [6.07, 6.45) is 6.23. The van der Waals surface area contributed by atoms with E-state index in [4.69, 9.17) is 4.74 Å². The molecule has 0 aromatic carbocycles. The van der Waals surface area contributed by atoms with E-state index in [-0.39, 0.29) is 5.91 Å². The Morgan fingerprint density at radius 2 is 1.95 bits per heavy atom. The summed E-state index contributed by atoms with van der Waals surface area (Å²) in [7, 11) is 0. The molecule has 3 atom stereocenters. The maximum Gasteiger partial charge on any atom is 0.329 e. The van der Waals surface area contributed by atoms with Crippen LogP contribution in [-0.4, -0.2) is 35.7 Å². The lowest BCUT2D eigenvalue weighted by Gasteiger charge is -2.34. The van der Waals surface area contributed by atoms with Gasteiger partial charge < -0.3 is 15.2 Å². The lowest BCUT2D eigenvalue weighted by molar-refractivity contribution is -0.152. The first kappa shape index (κ1) is 13.9. The highest BCUT2D eigenvalue weighted by Crippen LogP contribution is 2.49. The van der Waals surface area contributed by atoms with E-state index in [1.807, 2.05) is 0 Å². The van der Waals surface area contributed by atoms with Gasteiger partial charge in [0.25, 0.3) is 0 Å². The second-order valence-electron chi connectivity index (χ2n) is 6.69. The minimum absolute atomic E-state index is 0.0909. The Hall–Kier alpha value is -1.10. The summed E-state index contributed by atoms with van der Waals surface area (Å²) >= 11 is 0. The zero-order valence-electron chi connectivity index (χ0n) is 11.8. The molecule has 112 valence electrons. The van der Waals surface area contributed by atoms with Crippen LogP contribution in [0.1, 0.15) is 44.9 Å². The van der Waals surface area contributed by atoms with Crippen LogP contribution in [0, 0.1) is 17.8 Å². The fourth-order valence-electron chi connectivity index (χ4n) is 4.29. The topological polar surface area (TPSA) is 75.6 Å². The number of nitrogens with one attached hydrogen (secondary N) is 1. The zero-order chi connectivity index (χ0) is 14.2. The van der Waals surface area contributed by atoms with Gasteiger partial charge in [-0.25, -0.2) is 4.79 Å². The molecular weight excluding hydrogens is 258 g/mol. The van der Waals surface area contributed by atoms with Gasteiger partial charge in [0.15, 0.2) is 0 Å². The van der Waals surface area contributed by atoms with Gasteiger partial charge in [-0.15, -0.1) is 0 Å². The second kappa shape index (κ2) is 5.35. The molecule has 2 N–H and O–H groups in total. The van der Waals surface area contributed by atoms with E-state index in [2.05, 4.69) is 5.32 Å². The Morgan fingerprint density at radius 1 is 1.20 bits per heavy atom. The monoisotopic (exact) mass is 281 g/mol. The number of ether oxygens (including phenoxy) is 1. The van der Waals surface area contributed by atoms with E-state index in [1.54, 1.807) is 0 Å². The largest absolute Gasteiger partial charge is 0.480 e. The molecule has 2 saturated carbocycles. The molecule has 0 spiro atoms. The molecule has 3 rings (SSSR count). The standard InChI is InChI=1S/C15H23NO4/c17-13(9-12-8-10-1-2-11(12)7-10)16-15(14(18)19)3-5-20-6-4-15/h10-12H,1-9H2,(H,16,17)(H,18,19). The Labute approximate surface area is 119 Å². The number of hydrogen-bond donors (Lipinski definition) is 2. The zero-order valence-corrected chi connectivity index (χ0v) is 11.8. The van der Waals surface area contributed by atoms with Gasteiger partial charge in [0.1, 0.15) is 5.54 Å². The molecule has 1 amide bonds. The normalized spacial score (nSPS) is 34.9. The molecule has 5 heteroatoms. The first-order valence-corrected chi connectivity index (χ1v) is 7.71. The molecule has 5 nitrogen and oxygen atoms in total. The molecule has 2 bridgehead atoms. The van der Waals surface area contributed by atoms with Crippen LogP contribution in [0.15, 0.2) is 0 Å². The summed E-state index contributed by atoms with van der Waals surface area (Å²) in [5, 5.41) is 12.2. The fourth-order valence-corrected chi connectivity index (χ4v) is 4.29. The fraction of sp³-hybridized carbons (Fsp3) is 0.867. The maximum atomic E-state index is 12.2. The van der Waals surface area contributed by atoms with E-state index in [9.17, 15) is 14.7 Å². The van der Waals surface area contributed by atoms with Gasteiger partial charge in [0, 0.05) is 32.5 Å². The van der Waals surface area contributed by atoms with Crippen LogP contribution < -0.4 is 5.32 Å². The van der Waals surface area contributed by atoms with Gasteiger partial charge in [0.2, 0.25) is 5.91 Å². The van der Waals surface area contributed by atoms with E-state index >= 15 is 0 Å². The average Bonchev–Trinajstić information content (AvgIpc) is 3.01. The lowest BCUT2D eigenvalue weighted by Crippen LogP contribution is -2.57. The van der Waals surface area contributed by atoms with E-state index in [0.29, 0.717) is 44.3 Å². The van der Waals surface area contributed by atoms with Crippen molar-refractivity contribution >= 4 is 11.9 Å². The number of carboxylic acid groups (broad SMARTS) is 1. The quantitative estimate of drug-likeness (QED) is 0.820. The molecule has 0 aromatic heterocycles. The molecule has 0 aromatic rings. The molecule has 1 saturated heterocycles. The van der Waals surface area contributed by atoms with Crippen molar-refractivity contribution in [1.82, 2.24) is 5.32 Å². The SMILES string of the molecule is O=C(CC1CC2CCC1C2)NC1(C(=O)O)CCOCC1. The number of carbonyl (C=O) groups is 2. The molecule has 3 fully saturated rings. The summed E-state index contributed by atoms with van der Waals surface area (Å²) in [4.78, 5) is 23.7. The van der Waals surface area contributed by atoms with Gasteiger partial charge in [0.05, 0.1) is 0 Å². The van der Waals surface area contributed by atoms with Gasteiger partial charge in [-0.3, -0.25) is 4.79 Å².